The average molecular weight is 315 g/mol. The van der Waals surface area contributed by atoms with Crippen molar-refractivity contribution in [1.82, 2.24) is 10.2 Å². The fraction of sp³-hybridized carbons (Fsp3) is 0.538. The number of nitrogens with one attached hydrogen (secondary N) is 1. The predicted molar refractivity (Wildman–Crippen MR) is 86.7 cm³/mol. The van der Waals surface area contributed by atoms with Crippen LogP contribution < -0.4 is 5.32 Å². The summed E-state index contributed by atoms with van der Waals surface area (Å²) >= 11 is 8.47. The van der Waals surface area contributed by atoms with E-state index < -0.39 is 0 Å². The summed E-state index contributed by atoms with van der Waals surface area (Å²) in [6.45, 7) is 4.09. The van der Waals surface area contributed by atoms with E-state index in [1.165, 1.54) is 29.5 Å². The third-order valence-corrected chi connectivity index (χ3v) is 5.62. The summed E-state index contributed by atoms with van der Waals surface area (Å²) in [5.41, 5.74) is 0. The molecule has 104 valence electrons. The number of carbonyl (C=O) groups excluding carboxylic acids is 1. The molecule has 1 N–H and O–H groups in total. The molecule has 0 radical (unpaired) electrons. The fourth-order valence-electron chi connectivity index (χ4n) is 2.01. The van der Waals surface area contributed by atoms with Gasteiger partial charge in [-0.2, -0.15) is 0 Å². The van der Waals surface area contributed by atoms with E-state index >= 15 is 0 Å². The zero-order valence-electron chi connectivity index (χ0n) is 10.9. The molecular formula is C13H18N2OS3. The second-order valence-corrected chi connectivity index (χ2v) is 7.14. The van der Waals surface area contributed by atoms with Crippen molar-refractivity contribution in [3.63, 3.8) is 0 Å². The van der Waals surface area contributed by atoms with Gasteiger partial charge in [-0.05, 0) is 31.2 Å². The van der Waals surface area contributed by atoms with Crippen molar-refractivity contribution in [2.45, 2.75) is 25.8 Å². The van der Waals surface area contributed by atoms with Gasteiger partial charge < -0.3 is 10.2 Å². The van der Waals surface area contributed by atoms with Crippen LogP contribution in [0.15, 0.2) is 17.5 Å². The number of rotatable bonds is 4. The van der Waals surface area contributed by atoms with Crippen LogP contribution in [-0.4, -0.2) is 34.0 Å². The monoisotopic (exact) mass is 314 g/mol. The lowest BCUT2D eigenvalue weighted by atomic mass is 10.3. The SMILES string of the molecule is CC(NC(=O)CSC(=S)N1CCCC1)c1cccs1. The highest BCUT2D eigenvalue weighted by Crippen LogP contribution is 2.19. The van der Waals surface area contributed by atoms with Crippen molar-refractivity contribution in [3.8, 4) is 0 Å². The van der Waals surface area contributed by atoms with E-state index in [1.54, 1.807) is 11.3 Å². The highest BCUT2D eigenvalue weighted by molar-refractivity contribution is 8.23. The van der Waals surface area contributed by atoms with Crippen LogP contribution in [0.5, 0.6) is 0 Å². The summed E-state index contributed by atoms with van der Waals surface area (Å²) in [4.78, 5) is 15.2. The molecule has 1 aromatic heterocycles. The molecule has 1 saturated heterocycles. The molecular weight excluding hydrogens is 296 g/mol. The molecule has 3 nitrogen and oxygen atoms in total. The molecule has 0 spiro atoms. The number of nitrogens with zero attached hydrogens (tertiary/aromatic N) is 1. The number of thioether (sulfide) groups is 1. The molecule has 0 saturated carbocycles. The number of hydrogen-bond donors (Lipinski definition) is 1. The van der Waals surface area contributed by atoms with E-state index in [2.05, 4.69) is 10.2 Å². The summed E-state index contributed by atoms with van der Waals surface area (Å²) in [6.07, 6.45) is 2.42. The van der Waals surface area contributed by atoms with Crippen LogP contribution >= 0.6 is 35.3 Å². The van der Waals surface area contributed by atoms with Gasteiger partial charge in [0.1, 0.15) is 4.32 Å². The Morgan fingerprint density at radius 1 is 1.58 bits per heavy atom. The van der Waals surface area contributed by atoms with Gasteiger partial charge >= 0.3 is 0 Å². The minimum atomic E-state index is 0.0486. The minimum absolute atomic E-state index is 0.0486. The largest absolute Gasteiger partial charge is 0.358 e. The highest BCUT2D eigenvalue weighted by atomic mass is 32.2. The maximum atomic E-state index is 11.9. The summed E-state index contributed by atoms with van der Waals surface area (Å²) in [5.74, 6) is 0.456. The van der Waals surface area contributed by atoms with Crippen molar-refractivity contribution in [2.24, 2.45) is 0 Å². The second kappa shape index (κ2) is 7.26. The first kappa shape index (κ1) is 14.8. The number of amides is 1. The van der Waals surface area contributed by atoms with Gasteiger partial charge in [0.25, 0.3) is 0 Å². The van der Waals surface area contributed by atoms with Crippen molar-refractivity contribution in [1.29, 1.82) is 0 Å². The summed E-state index contributed by atoms with van der Waals surface area (Å²) in [6, 6.07) is 4.12. The van der Waals surface area contributed by atoms with Crippen LogP contribution in [-0.2, 0) is 4.79 Å². The maximum absolute atomic E-state index is 11.9. The lowest BCUT2D eigenvalue weighted by molar-refractivity contribution is -0.119. The highest BCUT2D eigenvalue weighted by Gasteiger charge is 2.17. The van der Waals surface area contributed by atoms with Crippen LogP contribution in [0.1, 0.15) is 30.7 Å². The third kappa shape index (κ3) is 4.47. The van der Waals surface area contributed by atoms with Gasteiger partial charge in [-0.15, -0.1) is 11.3 Å². The van der Waals surface area contributed by atoms with E-state index in [9.17, 15) is 4.79 Å². The molecule has 1 aliphatic rings. The lowest BCUT2D eigenvalue weighted by Crippen LogP contribution is -2.30. The van der Waals surface area contributed by atoms with Crippen molar-refractivity contribution in [3.05, 3.63) is 22.4 Å². The Kier molecular flexibility index (Phi) is 5.66. The first-order chi connectivity index (χ1) is 9.16. The predicted octanol–water partition coefficient (Wildman–Crippen LogP) is 3.04. The van der Waals surface area contributed by atoms with Crippen molar-refractivity contribution < 1.29 is 4.79 Å². The molecule has 6 heteroatoms. The van der Waals surface area contributed by atoms with Gasteiger partial charge in [-0.3, -0.25) is 4.79 Å². The summed E-state index contributed by atoms with van der Waals surface area (Å²) in [7, 11) is 0. The molecule has 0 aromatic carbocycles. The number of thiocarbonyl (C=S) groups is 1. The first-order valence-electron chi connectivity index (χ1n) is 6.41. The minimum Gasteiger partial charge on any atom is -0.358 e. The van der Waals surface area contributed by atoms with Crippen LogP contribution in [0.25, 0.3) is 0 Å². The summed E-state index contributed by atoms with van der Waals surface area (Å²) in [5, 5.41) is 5.02. The van der Waals surface area contributed by atoms with E-state index in [1.807, 2.05) is 24.4 Å². The average Bonchev–Trinajstić information content (AvgIpc) is 3.07. The summed E-state index contributed by atoms with van der Waals surface area (Å²) < 4.78 is 0.858. The standard InChI is InChI=1S/C13H18N2OS3/c1-10(11-5-4-8-18-11)14-12(16)9-19-13(17)15-6-2-3-7-15/h4-5,8,10H,2-3,6-7,9H2,1H3,(H,14,16). The van der Waals surface area contributed by atoms with Crippen LogP contribution in [0.2, 0.25) is 0 Å². The number of hydrogen-bond acceptors (Lipinski definition) is 4. The molecule has 1 atom stereocenters. The number of thiophene rings is 1. The molecule has 2 heterocycles. The maximum Gasteiger partial charge on any atom is 0.230 e. The molecule has 1 unspecified atom stereocenters. The molecule has 1 fully saturated rings. The molecule has 1 amide bonds. The van der Waals surface area contributed by atoms with Crippen molar-refractivity contribution in [2.75, 3.05) is 18.8 Å². The molecule has 2 rings (SSSR count). The fourth-order valence-corrected chi connectivity index (χ4v) is 3.81. The van der Waals surface area contributed by atoms with Gasteiger partial charge in [-0.1, -0.05) is 30.0 Å². The Hall–Kier alpha value is -0.590. The van der Waals surface area contributed by atoms with Crippen LogP contribution in [0.3, 0.4) is 0 Å². The van der Waals surface area contributed by atoms with Crippen LogP contribution in [0.4, 0.5) is 0 Å². The zero-order chi connectivity index (χ0) is 13.7. The number of likely N-dealkylation sites (tertiary alicyclic amines) is 1. The Morgan fingerprint density at radius 2 is 2.32 bits per heavy atom. The number of carbonyl (C=O) groups is 1. The van der Waals surface area contributed by atoms with Gasteiger partial charge in [0.2, 0.25) is 5.91 Å². The van der Waals surface area contributed by atoms with Gasteiger partial charge in [0.15, 0.2) is 0 Å². The van der Waals surface area contributed by atoms with Gasteiger partial charge in [0, 0.05) is 18.0 Å². The normalized spacial score (nSPS) is 16.4. The van der Waals surface area contributed by atoms with E-state index in [-0.39, 0.29) is 11.9 Å². The lowest BCUT2D eigenvalue weighted by Gasteiger charge is -2.18. The zero-order valence-corrected chi connectivity index (χ0v) is 13.4. The van der Waals surface area contributed by atoms with E-state index in [0.717, 1.165) is 17.4 Å². The second-order valence-electron chi connectivity index (χ2n) is 4.55. The van der Waals surface area contributed by atoms with E-state index in [4.69, 9.17) is 12.2 Å². The van der Waals surface area contributed by atoms with Crippen molar-refractivity contribution >= 4 is 45.5 Å². The third-order valence-electron chi connectivity index (χ3n) is 3.04. The van der Waals surface area contributed by atoms with Gasteiger partial charge in [0.05, 0.1) is 11.8 Å². The van der Waals surface area contributed by atoms with Crippen LogP contribution in [0, 0.1) is 0 Å². The smallest absolute Gasteiger partial charge is 0.230 e. The Labute approximate surface area is 127 Å². The Balaban J connectivity index is 1.71. The Morgan fingerprint density at radius 3 is 2.95 bits per heavy atom. The van der Waals surface area contributed by atoms with Gasteiger partial charge in [-0.25, -0.2) is 0 Å². The molecule has 1 aliphatic heterocycles. The molecule has 19 heavy (non-hydrogen) atoms. The molecule has 1 aromatic rings. The quantitative estimate of drug-likeness (QED) is 0.866. The molecule has 0 aliphatic carbocycles. The van der Waals surface area contributed by atoms with E-state index in [0.29, 0.717) is 5.75 Å². The Bertz CT molecular complexity index is 427. The molecule has 0 bridgehead atoms. The topological polar surface area (TPSA) is 32.3 Å². The first-order valence-corrected chi connectivity index (χ1v) is 8.68.